The highest BCUT2D eigenvalue weighted by Gasteiger charge is 2.20. The smallest absolute Gasteiger partial charge is 0.184 e. The van der Waals surface area contributed by atoms with Crippen LogP contribution in [0, 0.1) is 11.3 Å². The summed E-state index contributed by atoms with van der Waals surface area (Å²) >= 11 is 0. The van der Waals surface area contributed by atoms with Crippen LogP contribution in [0.1, 0.15) is 32.0 Å². The predicted molar refractivity (Wildman–Crippen MR) is 71.9 cm³/mol. The molecule has 1 aromatic heterocycles. The molecule has 0 unspecified atom stereocenters. The topological polar surface area (TPSA) is 59.0 Å². The van der Waals surface area contributed by atoms with Crippen molar-refractivity contribution >= 4 is 0 Å². The molecule has 4 heteroatoms. The molecule has 0 spiro atoms. The Morgan fingerprint density at radius 3 is 2.53 bits per heavy atom. The van der Waals surface area contributed by atoms with E-state index in [1.165, 1.54) is 0 Å². The second kappa shape index (κ2) is 4.77. The average molecular weight is 256 g/mol. The Bertz CT molecular complexity index is 630. The third-order valence-electron chi connectivity index (χ3n) is 2.92. The van der Waals surface area contributed by atoms with Gasteiger partial charge >= 0.3 is 0 Å². The summed E-state index contributed by atoms with van der Waals surface area (Å²) in [5.74, 6) is 1.43. The fourth-order valence-electron chi connectivity index (χ4n) is 1.91. The van der Waals surface area contributed by atoms with E-state index in [0.717, 1.165) is 16.9 Å². The molecule has 0 saturated carbocycles. The molecule has 0 aliphatic heterocycles. The lowest BCUT2D eigenvalue weighted by Gasteiger charge is -2.22. The zero-order valence-electron chi connectivity index (χ0n) is 11.5. The van der Waals surface area contributed by atoms with Crippen molar-refractivity contribution in [2.75, 3.05) is 7.11 Å². The Hall–Kier alpha value is -2.28. The number of benzene rings is 1. The van der Waals surface area contributed by atoms with Gasteiger partial charge in [0.05, 0.1) is 7.11 Å². The van der Waals surface area contributed by atoms with Gasteiger partial charge in [0.25, 0.3) is 0 Å². The number of methoxy groups -OCH3 is 1. The molecule has 2 aromatic rings. The van der Waals surface area contributed by atoms with Gasteiger partial charge in [-0.15, -0.1) is 0 Å². The number of hydrogen-bond donors (Lipinski definition) is 0. The summed E-state index contributed by atoms with van der Waals surface area (Å²) in [6.45, 7) is 6.36. The van der Waals surface area contributed by atoms with Gasteiger partial charge < -0.3 is 9.26 Å². The Morgan fingerprint density at radius 2 is 2.00 bits per heavy atom. The summed E-state index contributed by atoms with van der Waals surface area (Å²) in [5.41, 5.74) is 2.21. The number of ether oxygens (including phenoxy) is 1. The van der Waals surface area contributed by atoms with Gasteiger partial charge in [-0.05, 0) is 23.6 Å². The fourth-order valence-corrected chi connectivity index (χ4v) is 1.91. The number of nitrogens with zero attached hydrogens (tertiary/aromatic N) is 2. The maximum atomic E-state index is 8.77. The van der Waals surface area contributed by atoms with Gasteiger partial charge in [-0.2, -0.15) is 5.26 Å². The van der Waals surface area contributed by atoms with Crippen molar-refractivity contribution in [3.8, 4) is 23.1 Å². The Balaban J connectivity index is 2.52. The highest BCUT2D eigenvalue weighted by molar-refractivity contribution is 5.62. The normalized spacial score (nSPS) is 11.1. The number of nitriles is 1. The monoisotopic (exact) mass is 256 g/mol. The molecule has 0 atom stereocenters. The van der Waals surface area contributed by atoms with Crippen LogP contribution in [0.25, 0.3) is 11.3 Å². The van der Waals surface area contributed by atoms with Gasteiger partial charge in [0.15, 0.2) is 11.5 Å². The summed E-state index contributed by atoms with van der Waals surface area (Å²) in [7, 11) is 1.66. The molecular weight excluding hydrogens is 240 g/mol. The highest BCUT2D eigenvalue weighted by atomic mass is 16.5. The summed E-state index contributed by atoms with van der Waals surface area (Å²) in [5, 5.41) is 12.4. The number of rotatable bonds is 2. The molecule has 2 rings (SSSR count). The second-order valence-electron chi connectivity index (χ2n) is 5.35. The zero-order valence-corrected chi connectivity index (χ0v) is 11.5. The van der Waals surface area contributed by atoms with Crippen LogP contribution in [0.5, 0.6) is 5.75 Å². The maximum absolute atomic E-state index is 8.77. The molecule has 0 fully saturated rings. The summed E-state index contributed by atoms with van der Waals surface area (Å²) in [4.78, 5) is 0. The molecule has 0 radical (unpaired) electrons. The molecule has 0 aliphatic rings. The lowest BCUT2D eigenvalue weighted by molar-refractivity contribution is 0.397. The minimum absolute atomic E-state index is 0.0422. The first-order valence-electron chi connectivity index (χ1n) is 6.01. The first kappa shape index (κ1) is 13.2. The summed E-state index contributed by atoms with van der Waals surface area (Å²) in [6.07, 6.45) is 0. The van der Waals surface area contributed by atoms with Crippen molar-refractivity contribution in [3.63, 3.8) is 0 Å². The molecule has 0 bridgehead atoms. The minimum atomic E-state index is -0.0422. The van der Waals surface area contributed by atoms with E-state index < -0.39 is 0 Å². The third-order valence-corrected chi connectivity index (χ3v) is 2.92. The first-order chi connectivity index (χ1) is 8.95. The zero-order chi connectivity index (χ0) is 14.0. The second-order valence-corrected chi connectivity index (χ2v) is 5.35. The highest BCUT2D eigenvalue weighted by Crippen LogP contribution is 2.34. The van der Waals surface area contributed by atoms with Crippen LogP contribution in [0.2, 0.25) is 0 Å². The minimum Gasteiger partial charge on any atom is -0.496 e. The molecule has 98 valence electrons. The molecule has 1 heterocycles. The van der Waals surface area contributed by atoms with Gasteiger partial charge in [0.2, 0.25) is 0 Å². The van der Waals surface area contributed by atoms with E-state index in [-0.39, 0.29) is 11.1 Å². The maximum Gasteiger partial charge on any atom is 0.184 e. The SMILES string of the molecule is COc1ccc(-c2cc(C#N)no2)cc1C(C)(C)C. The van der Waals surface area contributed by atoms with E-state index in [0.29, 0.717) is 5.76 Å². The molecule has 4 nitrogen and oxygen atoms in total. The lowest BCUT2D eigenvalue weighted by atomic mass is 9.85. The Morgan fingerprint density at radius 1 is 1.26 bits per heavy atom. The largest absolute Gasteiger partial charge is 0.496 e. The van der Waals surface area contributed by atoms with Crippen molar-refractivity contribution in [1.82, 2.24) is 5.16 Å². The van der Waals surface area contributed by atoms with E-state index >= 15 is 0 Å². The molecule has 0 N–H and O–H groups in total. The van der Waals surface area contributed by atoms with Gasteiger partial charge in [-0.25, -0.2) is 0 Å². The van der Waals surface area contributed by atoms with Gasteiger partial charge in [-0.3, -0.25) is 0 Å². The fraction of sp³-hybridized carbons (Fsp3) is 0.333. The molecule has 0 amide bonds. The molecular formula is C15H16N2O2. The van der Waals surface area contributed by atoms with Crippen LogP contribution in [-0.4, -0.2) is 12.3 Å². The molecule has 0 saturated heterocycles. The quantitative estimate of drug-likeness (QED) is 0.824. The van der Waals surface area contributed by atoms with Crippen LogP contribution in [0.4, 0.5) is 0 Å². The van der Waals surface area contributed by atoms with Gasteiger partial charge in [0.1, 0.15) is 11.8 Å². The van der Waals surface area contributed by atoms with Crippen molar-refractivity contribution in [2.24, 2.45) is 0 Å². The number of aromatic nitrogens is 1. The molecule has 1 aromatic carbocycles. The summed E-state index contributed by atoms with van der Waals surface area (Å²) < 4.78 is 10.6. The van der Waals surface area contributed by atoms with Crippen LogP contribution < -0.4 is 4.74 Å². The van der Waals surface area contributed by atoms with Crippen molar-refractivity contribution in [3.05, 3.63) is 35.5 Å². The van der Waals surface area contributed by atoms with Crippen LogP contribution in [-0.2, 0) is 5.41 Å². The van der Waals surface area contributed by atoms with Crippen molar-refractivity contribution in [2.45, 2.75) is 26.2 Å². The first-order valence-corrected chi connectivity index (χ1v) is 6.01. The average Bonchev–Trinajstić information content (AvgIpc) is 2.85. The standard InChI is InChI=1S/C15H16N2O2/c1-15(2,3)12-7-10(5-6-13(12)18-4)14-8-11(9-16)17-19-14/h5-8H,1-4H3. The van der Waals surface area contributed by atoms with Gasteiger partial charge in [-0.1, -0.05) is 25.9 Å². The summed E-state index contributed by atoms with van der Waals surface area (Å²) in [6, 6.07) is 9.41. The van der Waals surface area contributed by atoms with E-state index in [9.17, 15) is 0 Å². The third kappa shape index (κ3) is 2.60. The van der Waals surface area contributed by atoms with E-state index in [1.807, 2.05) is 24.3 Å². The number of hydrogen-bond acceptors (Lipinski definition) is 4. The lowest BCUT2D eigenvalue weighted by Crippen LogP contribution is -2.12. The molecule has 0 aliphatic carbocycles. The van der Waals surface area contributed by atoms with Crippen molar-refractivity contribution < 1.29 is 9.26 Å². The van der Waals surface area contributed by atoms with Crippen molar-refractivity contribution in [1.29, 1.82) is 5.26 Å². The molecule has 19 heavy (non-hydrogen) atoms. The van der Waals surface area contributed by atoms with E-state index in [4.69, 9.17) is 14.5 Å². The van der Waals surface area contributed by atoms with E-state index in [1.54, 1.807) is 13.2 Å². The Kier molecular flexibility index (Phi) is 3.30. The van der Waals surface area contributed by atoms with Crippen LogP contribution >= 0.6 is 0 Å². The predicted octanol–water partition coefficient (Wildman–Crippen LogP) is 3.52. The Labute approximate surface area is 112 Å². The van der Waals surface area contributed by atoms with Gasteiger partial charge in [0, 0.05) is 17.2 Å². The van der Waals surface area contributed by atoms with E-state index in [2.05, 4.69) is 25.9 Å². The van der Waals surface area contributed by atoms with Crippen LogP contribution in [0.3, 0.4) is 0 Å². The van der Waals surface area contributed by atoms with Crippen LogP contribution in [0.15, 0.2) is 28.8 Å².